The Balaban J connectivity index is 1.53. The average molecular weight is 788 g/mol. The van der Waals surface area contributed by atoms with Crippen molar-refractivity contribution in [3.63, 3.8) is 0 Å². The van der Waals surface area contributed by atoms with E-state index in [1.54, 1.807) is 12.1 Å². The molecule has 0 spiro atoms. The lowest BCUT2D eigenvalue weighted by molar-refractivity contribution is 0.412. The van der Waals surface area contributed by atoms with Crippen LogP contribution in [0.25, 0.3) is 21.5 Å². The van der Waals surface area contributed by atoms with Gasteiger partial charge in [-0.2, -0.15) is 40.2 Å². The molecule has 268 valence electrons. The summed E-state index contributed by atoms with van der Waals surface area (Å²) in [5, 5.41) is 25.2. The quantitative estimate of drug-likeness (QED) is 0.0667. The van der Waals surface area contributed by atoms with Gasteiger partial charge in [0.1, 0.15) is 26.9 Å². The second-order valence-corrected chi connectivity index (χ2v) is 15.2. The summed E-state index contributed by atoms with van der Waals surface area (Å²) in [5.74, 6) is -1.43. The summed E-state index contributed by atoms with van der Waals surface area (Å²) in [5.41, 5.74) is -1.25. The third-order valence-corrected chi connectivity index (χ3v) is 10.0. The van der Waals surface area contributed by atoms with E-state index in [-0.39, 0.29) is 39.4 Å². The maximum absolute atomic E-state index is 12.5. The van der Waals surface area contributed by atoms with E-state index < -0.39 is 62.2 Å². The van der Waals surface area contributed by atoms with Gasteiger partial charge in [-0.05, 0) is 58.8 Å². The van der Waals surface area contributed by atoms with Gasteiger partial charge in [-0.15, -0.1) is 10.2 Å². The van der Waals surface area contributed by atoms with E-state index in [0.29, 0.717) is 11.8 Å². The van der Waals surface area contributed by atoms with E-state index >= 15 is 0 Å². The van der Waals surface area contributed by atoms with E-state index in [1.165, 1.54) is 13.2 Å². The summed E-state index contributed by atoms with van der Waals surface area (Å²) in [7, 11) is -14.0. The molecule has 0 aliphatic rings. The number of halogens is 1. The number of hydrogen-bond acceptors (Lipinski definition) is 15. The molecule has 5 aromatic carbocycles. The van der Waals surface area contributed by atoms with Crippen LogP contribution in [0.1, 0.15) is 0 Å². The number of rotatable bonds is 10. The van der Waals surface area contributed by atoms with Crippen LogP contribution in [-0.2, 0) is 30.4 Å². The normalized spacial score (nSPS) is 12.4. The minimum atomic E-state index is -5.27. The molecule has 1 aromatic heterocycles. The fraction of sp³-hybridized carbons (Fsp3) is 0.0333. The molecule has 0 atom stereocenters. The lowest BCUT2D eigenvalue weighted by atomic mass is 10.1. The van der Waals surface area contributed by atoms with Crippen LogP contribution in [-0.4, -0.2) is 66.1 Å². The summed E-state index contributed by atoms with van der Waals surface area (Å²) in [6.07, 6.45) is 0. The van der Waals surface area contributed by atoms with Crippen molar-refractivity contribution >= 4 is 98.1 Å². The predicted molar refractivity (Wildman–Crippen MR) is 188 cm³/mol. The molecule has 0 fully saturated rings. The third kappa shape index (κ3) is 7.55. The van der Waals surface area contributed by atoms with Gasteiger partial charge in [-0.1, -0.05) is 36.4 Å². The molecular weight excluding hydrogens is 766 g/mol. The Bertz CT molecular complexity index is 2800. The molecule has 22 heteroatoms. The van der Waals surface area contributed by atoms with E-state index in [0.717, 1.165) is 35.0 Å². The first-order valence-corrected chi connectivity index (χ1v) is 18.9. The van der Waals surface area contributed by atoms with Crippen molar-refractivity contribution in [2.45, 2.75) is 14.7 Å². The first-order valence-electron chi connectivity index (χ1n) is 14.2. The van der Waals surface area contributed by atoms with E-state index in [1.807, 2.05) is 30.3 Å². The molecule has 6 N–H and O–H groups in total. The van der Waals surface area contributed by atoms with Gasteiger partial charge in [0.25, 0.3) is 30.4 Å². The number of ether oxygens (including phenoxy) is 1. The maximum atomic E-state index is 12.5. The lowest BCUT2D eigenvalue weighted by Gasteiger charge is -2.15. The fourth-order valence-corrected chi connectivity index (χ4v) is 7.05. The highest BCUT2D eigenvalue weighted by Gasteiger charge is 2.26. The van der Waals surface area contributed by atoms with Crippen LogP contribution in [0, 0.1) is 0 Å². The molecule has 1 heterocycles. The summed E-state index contributed by atoms with van der Waals surface area (Å²) >= 11 is 6.20. The van der Waals surface area contributed by atoms with Crippen LogP contribution in [0.4, 0.5) is 34.6 Å². The van der Waals surface area contributed by atoms with Crippen molar-refractivity contribution in [1.82, 2.24) is 15.0 Å². The minimum absolute atomic E-state index is 0.00183. The van der Waals surface area contributed by atoms with Gasteiger partial charge in [0, 0.05) is 22.5 Å². The van der Waals surface area contributed by atoms with Gasteiger partial charge in [-0.3, -0.25) is 13.7 Å². The van der Waals surface area contributed by atoms with Crippen molar-refractivity contribution in [1.29, 1.82) is 0 Å². The first kappa shape index (κ1) is 36.2. The second kappa shape index (κ2) is 13.5. The lowest BCUT2D eigenvalue weighted by Crippen LogP contribution is -2.06. The van der Waals surface area contributed by atoms with Crippen LogP contribution in [0.3, 0.4) is 0 Å². The van der Waals surface area contributed by atoms with Crippen molar-refractivity contribution < 1.29 is 48.8 Å². The van der Waals surface area contributed by atoms with Crippen LogP contribution < -0.4 is 15.4 Å². The minimum Gasteiger partial charge on any atom is -0.505 e. The molecule has 52 heavy (non-hydrogen) atoms. The number of methoxy groups -OCH3 is 1. The van der Waals surface area contributed by atoms with Gasteiger partial charge in [0.2, 0.25) is 17.2 Å². The van der Waals surface area contributed by atoms with Crippen molar-refractivity contribution in [2.75, 3.05) is 17.7 Å². The molecule has 0 saturated heterocycles. The van der Waals surface area contributed by atoms with Crippen LogP contribution in [0.5, 0.6) is 11.5 Å². The number of anilines is 4. The predicted octanol–water partition coefficient (Wildman–Crippen LogP) is 6.19. The number of phenolic OH excluding ortho intramolecular Hbond substituents is 1. The maximum Gasteiger partial charge on any atom is 0.296 e. The van der Waals surface area contributed by atoms with Crippen molar-refractivity contribution in [3.05, 3.63) is 84.1 Å². The molecule has 0 aliphatic carbocycles. The molecule has 18 nitrogen and oxygen atoms in total. The number of fused-ring (bicyclic) bond motifs is 2. The van der Waals surface area contributed by atoms with E-state index in [2.05, 4.69) is 35.8 Å². The summed E-state index contributed by atoms with van der Waals surface area (Å²) in [4.78, 5) is 9.64. The van der Waals surface area contributed by atoms with Gasteiger partial charge >= 0.3 is 0 Å². The standard InChI is InChI=1S/C30H22ClN7O11S3/c1-49-17-9-10-21(23(13-17)51(43,44)45)37-38-26-24(52(46,47)48)12-16-11-18(50(40,41)42)14-22(25(16)27(26)39)33-30-35-28(31)34-29(36-30)32-20-8-4-6-15-5-2-3-7-19(15)20/h2-14,39H,1H3,(H,40,41,42)(H,43,44,45)(H,46,47,48)(H2,32,33,34,35,36). The Kier molecular flexibility index (Phi) is 9.44. The molecule has 0 unspecified atom stereocenters. The molecule has 0 aliphatic heterocycles. The number of nitrogens with one attached hydrogen (secondary N) is 2. The number of nitrogens with zero attached hydrogens (tertiary/aromatic N) is 5. The number of aromatic hydroxyl groups is 1. The number of phenols is 1. The molecule has 6 aromatic rings. The molecule has 6 rings (SSSR count). The highest BCUT2D eigenvalue weighted by molar-refractivity contribution is 7.86. The Labute approximate surface area is 299 Å². The van der Waals surface area contributed by atoms with Crippen molar-refractivity contribution in [3.8, 4) is 11.5 Å². The molecule has 0 radical (unpaired) electrons. The number of azo groups is 1. The zero-order valence-corrected chi connectivity index (χ0v) is 29.2. The van der Waals surface area contributed by atoms with E-state index in [4.69, 9.17) is 16.3 Å². The largest absolute Gasteiger partial charge is 0.505 e. The summed E-state index contributed by atoms with van der Waals surface area (Å²) in [6, 6.07) is 18.4. The Hall–Kier alpha value is -5.55. The van der Waals surface area contributed by atoms with Gasteiger partial charge in [-0.25, -0.2) is 0 Å². The SMILES string of the molecule is COc1ccc(N=Nc2c(S(=O)(=O)O)cc3cc(S(=O)(=O)O)cc(Nc4nc(Cl)nc(Nc5cccc6ccccc56)n4)c3c2O)c(S(=O)(=O)O)c1. The molecule has 0 amide bonds. The highest BCUT2D eigenvalue weighted by Crippen LogP contribution is 2.46. The Morgan fingerprint density at radius 1 is 0.692 bits per heavy atom. The average Bonchev–Trinajstić information content (AvgIpc) is 3.06. The Morgan fingerprint density at radius 2 is 1.35 bits per heavy atom. The molecule has 0 bridgehead atoms. The van der Waals surface area contributed by atoms with Crippen LogP contribution in [0.2, 0.25) is 5.28 Å². The van der Waals surface area contributed by atoms with Gasteiger partial charge < -0.3 is 20.5 Å². The zero-order valence-electron chi connectivity index (χ0n) is 26.0. The topological polar surface area (TPSA) is 280 Å². The van der Waals surface area contributed by atoms with Gasteiger partial charge in [0.15, 0.2) is 5.75 Å². The number of aromatic nitrogens is 3. The van der Waals surface area contributed by atoms with Crippen LogP contribution in [0.15, 0.2) is 104 Å². The highest BCUT2D eigenvalue weighted by atomic mass is 35.5. The summed E-state index contributed by atoms with van der Waals surface area (Å²) < 4.78 is 108. The zero-order chi connectivity index (χ0) is 37.6. The Morgan fingerprint density at radius 3 is 2.00 bits per heavy atom. The molecular formula is C30H22ClN7O11S3. The van der Waals surface area contributed by atoms with Gasteiger partial charge in [0.05, 0.1) is 17.7 Å². The first-order chi connectivity index (χ1) is 24.4. The van der Waals surface area contributed by atoms with Crippen LogP contribution >= 0.6 is 11.6 Å². The number of benzene rings is 5. The second-order valence-electron chi connectivity index (χ2n) is 10.6. The van der Waals surface area contributed by atoms with Crippen molar-refractivity contribution in [2.24, 2.45) is 10.2 Å². The molecule has 0 saturated carbocycles. The number of hydrogen-bond donors (Lipinski definition) is 6. The fourth-order valence-electron chi connectivity index (χ4n) is 5.05. The summed E-state index contributed by atoms with van der Waals surface area (Å²) in [6.45, 7) is 0. The van der Waals surface area contributed by atoms with E-state index in [9.17, 15) is 44.0 Å². The smallest absolute Gasteiger partial charge is 0.296 e. The monoisotopic (exact) mass is 787 g/mol. The third-order valence-electron chi connectivity index (χ3n) is 7.29.